The van der Waals surface area contributed by atoms with E-state index in [4.69, 9.17) is 0 Å². The number of likely N-dealkylation sites (tertiary alicyclic amines) is 1. The smallest absolute Gasteiger partial charge is 0.256 e. The Morgan fingerprint density at radius 1 is 1.00 bits per heavy atom. The van der Waals surface area contributed by atoms with Gasteiger partial charge in [-0.15, -0.1) is 0 Å². The predicted molar refractivity (Wildman–Crippen MR) is 110 cm³/mol. The quantitative estimate of drug-likeness (QED) is 0.671. The number of amides is 1. The lowest BCUT2D eigenvalue weighted by molar-refractivity contribution is -0.124. The zero-order valence-electron chi connectivity index (χ0n) is 15.9. The first-order chi connectivity index (χ1) is 13.7. The molecule has 1 atom stereocenters. The number of para-hydroxylation sites is 1. The molecule has 1 aliphatic heterocycles. The third-order valence-electron chi connectivity index (χ3n) is 5.53. The van der Waals surface area contributed by atoms with E-state index in [1.54, 1.807) is 6.20 Å². The monoisotopic (exact) mass is 372 g/mol. The molecule has 0 spiro atoms. The van der Waals surface area contributed by atoms with Crippen LogP contribution in [0.2, 0.25) is 0 Å². The molecule has 0 N–H and O–H groups in total. The number of hydrogen-bond acceptors (Lipinski definition) is 3. The first-order valence-corrected chi connectivity index (χ1v) is 9.92. The number of carbonyl (C=O) groups is 2. The standard InChI is InChI=1S/C24H24N2O2/c27-22(14-13-18-7-2-1-3-8-18)20-11-6-16-26(17-20)24(28)21-12-4-9-19-10-5-15-25-23(19)21/h1-5,7-10,12,15,20H,6,11,13-14,16-17H2. The minimum Gasteiger partial charge on any atom is -0.338 e. The topological polar surface area (TPSA) is 50.3 Å². The van der Waals surface area contributed by atoms with Crippen molar-refractivity contribution in [3.63, 3.8) is 0 Å². The zero-order valence-corrected chi connectivity index (χ0v) is 15.9. The van der Waals surface area contributed by atoms with E-state index in [0.29, 0.717) is 25.1 Å². The number of carbonyl (C=O) groups excluding carboxylic acids is 2. The Morgan fingerprint density at radius 2 is 1.82 bits per heavy atom. The van der Waals surface area contributed by atoms with Crippen LogP contribution in [0.1, 0.15) is 35.2 Å². The van der Waals surface area contributed by atoms with Crippen LogP contribution in [0.5, 0.6) is 0 Å². The number of piperidine rings is 1. The summed E-state index contributed by atoms with van der Waals surface area (Å²) in [7, 11) is 0. The van der Waals surface area contributed by atoms with Crippen molar-refractivity contribution >= 4 is 22.6 Å². The molecule has 2 aromatic carbocycles. The molecule has 3 aromatic rings. The maximum atomic E-state index is 13.1. The third-order valence-corrected chi connectivity index (χ3v) is 5.53. The molecule has 0 bridgehead atoms. The molecule has 4 nitrogen and oxygen atoms in total. The van der Waals surface area contributed by atoms with Crippen molar-refractivity contribution in [3.05, 3.63) is 78.0 Å². The fourth-order valence-electron chi connectivity index (χ4n) is 3.99. The van der Waals surface area contributed by atoms with Crippen molar-refractivity contribution in [2.75, 3.05) is 13.1 Å². The molecular formula is C24H24N2O2. The second-order valence-corrected chi connectivity index (χ2v) is 7.42. The van der Waals surface area contributed by atoms with Crippen LogP contribution in [-0.2, 0) is 11.2 Å². The molecule has 1 aliphatic rings. The SMILES string of the molecule is O=C(CCc1ccccc1)C1CCCN(C(=O)c2cccc3cccnc23)C1. The summed E-state index contributed by atoms with van der Waals surface area (Å²) in [6.45, 7) is 1.21. The van der Waals surface area contributed by atoms with Crippen molar-refractivity contribution in [2.24, 2.45) is 5.92 Å². The van der Waals surface area contributed by atoms with Crippen molar-refractivity contribution in [1.29, 1.82) is 0 Å². The molecule has 1 fully saturated rings. The van der Waals surface area contributed by atoms with Crippen LogP contribution >= 0.6 is 0 Å². The molecule has 1 unspecified atom stereocenters. The number of aryl methyl sites for hydroxylation is 1. The molecule has 142 valence electrons. The molecule has 1 amide bonds. The summed E-state index contributed by atoms with van der Waals surface area (Å²) in [6.07, 6.45) is 4.74. The van der Waals surface area contributed by atoms with Gasteiger partial charge in [0.25, 0.3) is 5.91 Å². The first-order valence-electron chi connectivity index (χ1n) is 9.92. The van der Waals surface area contributed by atoms with Crippen LogP contribution in [0.25, 0.3) is 10.9 Å². The van der Waals surface area contributed by atoms with Gasteiger partial charge in [0.05, 0.1) is 11.1 Å². The van der Waals surface area contributed by atoms with E-state index in [-0.39, 0.29) is 17.6 Å². The molecule has 2 heterocycles. The number of rotatable bonds is 5. The Hall–Kier alpha value is -3.01. The third kappa shape index (κ3) is 3.96. The first kappa shape index (κ1) is 18.4. The maximum Gasteiger partial charge on any atom is 0.256 e. The van der Waals surface area contributed by atoms with Crippen molar-refractivity contribution in [2.45, 2.75) is 25.7 Å². The molecular weight excluding hydrogens is 348 g/mol. The largest absolute Gasteiger partial charge is 0.338 e. The molecule has 0 saturated carbocycles. The van der Waals surface area contributed by atoms with Gasteiger partial charge in [-0.05, 0) is 37.0 Å². The van der Waals surface area contributed by atoms with E-state index in [0.717, 1.165) is 30.2 Å². The molecule has 28 heavy (non-hydrogen) atoms. The van der Waals surface area contributed by atoms with Gasteiger partial charge in [-0.3, -0.25) is 14.6 Å². The van der Waals surface area contributed by atoms with Crippen molar-refractivity contribution in [3.8, 4) is 0 Å². The Labute approximate surface area is 165 Å². The van der Waals surface area contributed by atoms with Gasteiger partial charge in [-0.2, -0.15) is 0 Å². The summed E-state index contributed by atoms with van der Waals surface area (Å²) >= 11 is 0. The number of hydrogen-bond donors (Lipinski definition) is 0. The van der Waals surface area contributed by atoms with Gasteiger partial charge >= 0.3 is 0 Å². The lowest BCUT2D eigenvalue weighted by Crippen LogP contribution is -2.42. The van der Waals surface area contributed by atoms with Crippen LogP contribution < -0.4 is 0 Å². The molecule has 4 rings (SSSR count). The summed E-state index contributed by atoms with van der Waals surface area (Å²) in [5.74, 6) is 0.173. The van der Waals surface area contributed by atoms with Crippen LogP contribution in [0.4, 0.5) is 0 Å². The normalized spacial score (nSPS) is 16.9. The van der Waals surface area contributed by atoms with Gasteiger partial charge in [-0.1, -0.05) is 48.5 Å². The summed E-state index contributed by atoms with van der Waals surface area (Å²) in [5, 5.41) is 0.959. The fourth-order valence-corrected chi connectivity index (χ4v) is 3.99. The Morgan fingerprint density at radius 3 is 2.68 bits per heavy atom. The highest BCUT2D eigenvalue weighted by molar-refractivity contribution is 6.05. The number of fused-ring (bicyclic) bond motifs is 1. The van der Waals surface area contributed by atoms with E-state index in [1.165, 1.54) is 5.56 Å². The predicted octanol–water partition coefficient (Wildman–Crippen LogP) is 4.29. The van der Waals surface area contributed by atoms with E-state index in [2.05, 4.69) is 17.1 Å². The van der Waals surface area contributed by atoms with E-state index in [9.17, 15) is 9.59 Å². The molecule has 1 aromatic heterocycles. The second-order valence-electron chi connectivity index (χ2n) is 7.42. The minimum absolute atomic E-state index is 0.0233. The minimum atomic E-state index is -0.0654. The van der Waals surface area contributed by atoms with Crippen LogP contribution in [-0.4, -0.2) is 34.7 Å². The summed E-state index contributed by atoms with van der Waals surface area (Å²) in [5.41, 5.74) is 2.53. The molecule has 1 saturated heterocycles. The highest BCUT2D eigenvalue weighted by Gasteiger charge is 2.29. The van der Waals surface area contributed by atoms with Gasteiger partial charge in [0.15, 0.2) is 0 Å². The number of aromatic nitrogens is 1. The Balaban J connectivity index is 1.44. The average Bonchev–Trinajstić information content (AvgIpc) is 2.77. The summed E-state index contributed by atoms with van der Waals surface area (Å²) in [4.78, 5) is 32.1. The number of pyridine rings is 1. The molecule has 4 heteroatoms. The van der Waals surface area contributed by atoms with Gasteiger partial charge in [0.2, 0.25) is 0 Å². The van der Waals surface area contributed by atoms with Crippen LogP contribution in [0, 0.1) is 5.92 Å². The fraction of sp³-hybridized carbons (Fsp3) is 0.292. The summed E-state index contributed by atoms with van der Waals surface area (Å²) < 4.78 is 0. The zero-order chi connectivity index (χ0) is 19.3. The van der Waals surface area contributed by atoms with E-state index < -0.39 is 0 Å². The van der Waals surface area contributed by atoms with E-state index in [1.807, 2.05) is 53.4 Å². The number of nitrogens with zero attached hydrogens (tertiary/aromatic N) is 2. The van der Waals surface area contributed by atoms with Gasteiger partial charge in [0, 0.05) is 37.0 Å². The summed E-state index contributed by atoms with van der Waals surface area (Å²) in [6, 6.07) is 19.6. The maximum absolute atomic E-state index is 13.1. The lowest BCUT2D eigenvalue weighted by Gasteiger charge is -2.32. The molecule has 0 aliphatic carbocycles. The van der Waals surface area contributed by atoms with Gasteiger partial charge in [-0.25, -0.2) is 0 Å². The van der Waals surface area contributed by atoms with Gasteiger partial charge in [0.1, 0.15) is 5.78 Å². The lowest BCUT2D eigenvalue weighted by atomic mass is 9.90. The number of ketones is 1. The number of benzene rings is 2. The second kappa shape index (κ2) is 8.34. The highest BCUT2D eigenvalue weighted by atomic mass is 16.2. The average molecular weight is 372 g/mol. The Kier molecular flexibility index (Phi) is 5.47. The van der Waals surface area contributed by atoms with Crippen LogP contribution in [0.15, 0.2) is 66.9 Å². The van der Waals surface area contributed by atoms with Crippen molar-refractivity contribution in [1.82, 2.24) is 9.88 Å². The van der Waals surface area contributed by atoms with Crippen LogP contribution in [0.3, 0.4) is 0 Å². The molecule has 0 radical (unpaired) electrons. The Bertz CT molecular complexity index is 979. The number of Topliss-reactive ketones (excluding diaryl/α,β-unsaturated/α-hetero) is 1. The van der Waals surface area contributed by atoms with E-state index >= 15 is 0 Å². The van der Waals surface area contributed by atoms with Gasteiger partial charge < -0.3 is 4.90 Å². The van der Waals surface area contributed by atoms with Crippen molar-refractivity contribution < 1.29 is 9.59 Å². The highest BCUT2D eigenvalue weighted by Crippen LogP contribution is 2.24.